The summed E-state index contributed by atoms with van der Waals surface area (Å²) in [7, 11) is 0. The van der Waals surface area contributed by atoms with Crippen LogP contribution in [0.3, 0.4) is 0 Å². The zero-order chi connectivity index (χ0) is 23.6. The minimum absolute atomic E-state index is 0.191. The molecule has 0 aromatic heterocycles. The van der Waals surface area contributed by atoms with E-state index >= 15 is 0 Å². The Labute approximate surface area is 199 Å². The van der Waals surface area contributed by atoms with E-state index in [2.05, 4.69) is 37.1 Å². The van der Waals surface area contributed by atoms with Gasteiger partial charge in [-0.2, -0.15) is 5.10 Å². The Morgan fingerprint density at radius 1 is 0.909 bits per heavy atom. The van der Waals surface area contributed by atoms with Gasteiger partial charge in [-0.25, -0.2) is 5.43 Å². The number of halogens is 1. The molecule has 0 bridgehead atoms. The van der Waals surface area contributed by atoms with Crippen LogP contribution in [0.25, 0.3) is 0 Å². The van der Waals surface area contributed by atoms with Crippen molar-refractivity contribution in [2.24, 2.45) is 5.10 Å². The summed E-state index contributed by atoms with van der Waals surface area (Å²) in [6.07, 6.45) is 1.41. The normalized spacial score (nSPS) is 10.5. The first-order valence-corrected chi connectivity index (χ1v) is 10.8. The van der Waals surface area contributed by atoms with E-state index in [4.69, 9.17) is 4.74 Å². The fourth-order valence-electron chi connectivity index (χ4n) is 2.76. The third kappa shape index (κ3) is 6.75. The van der Waals surface area contributed by atoms with E-state index < -0.39 is 17.7 Å². The molecule has 0 atom stereocenters. The number of para-hydroxylation sites is 1. The van der Waals surface area contributed by atoms with Gasteiger partial charge in [0.1, 0.15) is 5.75 Å². The lowest BCUT2D eigenvalue weighted by atomic mass is 10.1. The molecular formula is C24H21BrN4O4. The monoisotopic (exact) mass is 508 g/mol. The molecule has 0 unspecified atom stereocenters. The molecule has 0 saturated heterocycles. The maximum absolute atomic E-state index is 12.7. The molecule has 3 rings (SSSR count). The van der Waals surface area contributed by atoms with Crippen LogP contribution in [0.5, 0.6) is 5.75 Å². The number of amides is 3. The van der Waals surface area contributed by atoms with Gasteiger partial charge in [-0.1, -0.05) is 46.3 Å². The molecule has 0 radical (unpaired) electrons. The SMILES string of the molecule is CCOc1ccc(NC(=O)c2ccccc2NC(=O)C(=O)N/N=C/c2ccccc2Br)cc1. The van der Waals surface area contributed by atoms with E-state index in [-0.39, 0.29) is 11.3 Å². The number of ether oxygens (including phenoxy) is 1. The van der Waals surface area contributed by atoms with Crippen LogP contribution in [-0.2, 0) is 9.59 Å². The molecule has 0 saturated carbocycles. The number of nitrogens with zero attached hydrogens (tertiary/aromatic N) is 1. The average molecular weight is 509 g/mol. The lowest BCUT2D eigenvalue weighted by Crippen LogP contribution is -2.33. The second kappa shape index (κ2) is 11.6. The molecule has 3 aromatic carbocycles. The minimum atomic E-state index is -0.972. The number of rotatable bonds is 7. The van der Waals surface area contributed by atoms with Crippen LogP contribution in [0.2, 0.25) is 0 Å². The van der Waals surface area contributed by atoms with Gasteiger partial charge in [-0.15, -0.1) is 0 Å². The van der Waals surface area contributed by atoms with Crippen molar-refractivity contribution in [3.63, 3.8) is 0 Å². The average Bonchev–Trinajstić information content (AvgIpc) is 2.82. The number of carbonyl (C=O) groups is 3. The molecule has 168 valence electrons. The Bertz CT molecular complexity index is 1180. The van der Waals surface area contributed by atoms with E-state index in [9.17, 15) is 14.4 Å². The van der Waals surface area contributed by atoms with Crippen LogP contribution in [-0.4, -0.2) is 30.5 Å². The van der Waals surface area contributed by atoms with Crippen molar-refractivity contribution in [1.29, 1.82) is 0 Å². The van der Waals surface area contributed by atoms with Gasteiger partial charge in [0.05, 0.1) is 24.1 Å². The maximum Gasteiger partial charge on any atom is 0.329 e. The van der Waals surface area contributed by atoms with Gasteiger partial charge < -0.3 is 15.4 Å². The largest absolute Gasteiger partial charge is 0.494 e. The van der Waals surface area contributed by atoms with E-state index in [1.54, 1.807) is 48.5 Å². The first-order valence-electron chi connectivity index (χ1n) is 10.00. The van der Waals surface area contributed by atoms with Gasteiger partial charge in [0.25, 0.3) is 5.91 Å². The lowest BCUT2D eigenvalue weighted by molar-refractivity contribution is -0.136. The van der Waals surface area contributed by atoms with Crippen LogP contribution in [0, 0.1) is 0 Å². The van der Waals surface area contributed by atoms with E-state index in [1.807, 2.05) is 25.1 Å². The molecular weight excluding hydrogens is 488 g/mol. The van der Waals surface area contributed by atoms with Gasteiger partial charge in [0.2, 0.25) is 0 Å². The molecule has 9 heteroatoms. The van der Waals surface area contributed by atoms with Crippen LogP contribution in [0.1, 0.15) is 22.8 Å². The zero-order valence-electron chi connectivity index (χ0n) is 17.7. The number of hydrogen-bond donors (Lipinski definition) is 3. The third-order valence-electron chi connectivity index (χ3n) is 4.32. The highest BCUT2D eigenvalue weighted by Gasteiger charge is 2.18. The second-order valence-electron chi connectivity index (χ2n) is 6.63. The van der Waals surface area contributed by atoms with Crippen LogP contribution >= 0.6 is 15.9 Å². The molecule has 0 aliphatic heterocycles. The molecule has 3 amide bonds. The van der Waals surface area contributed by atoms with Gasteiger partial charge in [-0.3, -0.25) is 14.4 Å². The predicted octanol–water partition coefficient (Wildman–Crippen LogP) is 4.19. The summed E-state index contributed by atoms with van der Waals surface area (Å²) in [6.45, 7) is 2.43. The Balaban J connectivity index is 1.63. The fraction of sp³-hybridized carbons (Fsp3) is 0.0833. The lowest BCUT2D eigenvalue weighted by Gasteiger charge is -2.11. The molecule has 8 nitrogen and oxygen atoms in total. The number of hydrazone groups is 1. The highest BCUT2D eigenvalue weighted by Crippen LogP contribution is 2.20. The summed E-state index contributed by atoms with van der Waals surface area (Å²) in [5.74, 6) is -1.68. The quantitative estimate of drug-likeness (QED) is 0.252. The number of nitrogens with one attached hydrogen (secondary N) is 3. The van der Waals surface area contributed by atoms with Crippen LogP contribution in [0.15, 0.2) is 82.4 Å². The Morgan fingerprint density at radius 3 is 2.33 bits per heavy atom. The summed E-state index contributed by atoms with van der Waals surface area (Å²) in [4.78, 5) is 37.2. The number of carbonyl (C=O) groups excluding carboxylic acids is 3. The van der Waals surface area contributed by atoms with Gasteiger partial charge in [0, 0.05) is 15.7 Å². The topological polar surface area (TPSA) is 109 Å². The summed E-state index contributed by atoms with van der Waals surface area (Å²) in [6, 6.07) is 20.6. The Kier molecular flexibility index (Phi) is 8.31. The van der Waals surface area contributed by atoms with Gasteiger partial charge in [0.15, 0.2) is 0 Å². The number of benzene rings is 3. The molecule has 3 N–H and O–H groups in total. The van der Waals surface area contributed by atoms with Crippen molar-refractivity contribution < 1.29 is 19.1 Å². The van der Waals surface area contributed by atoms with Crippen LogP contribution in [0.4, 0.5) is 11.4 Å². The van der Waals surface area contributed by atoms with Crippen molar-refractivity contribution in [1.82, 2.24) is 5.43 Å². The predicted molar refractivity (Wildman–Crippen MR) is 131 cm³/mol. The van der Waals surface area contributed by atoms with E-state index in [1.165, 1.54) is 12.3 Å². The van der Waals surface area contributed by atoms with Crippen molar-refractivity contribution in [3.05, 3.63) is 88.4 Å². The standard InChI is InChI=1S/C24H21BrN4O4/c1-2-33-18-13-11-17(12-14-18)27-22(30)19-8-4-6-10-21(19)28-23(31)24(32)29-26-15-16-7-3-5-9-20(16)25/h3-15H,2H2,1H3,(H,27,30)(H,28,31)(H,29,32)/b26-15+. The van der Waals surface area contributed by atoms with E-state index in [0.29, 0.717) is 18.0 Å². The molecule has 33 heavy (non-hydrogen) atoms. The fourth-order valence-corrected chi connectivity index (χ4v) is 3.15. The zero-order valence-corrected chi connectivity index (χ0v) is 19.3. The highest BCUT2D eigenvalue weighted by atomic mass is 79.9. The first-order chi connectivity index (χ1) is 16.0. The molecule has 0 fully saturated rings. The summed E-state index contributed by atoms with van der Waals surface area (Å²) >= 11 is 3.36. The van der Waals surface area contributed by atoms with Gasteiger partial charge in [-0.05, 0) is 49.4 Å². The molecule has 0 aliphatic rings. The minimum Gasteiger partial charge on any atom is -0.494 e. The maximum atomic E-state index is 12.7. The van der Waals surface area contributed by atoms with Crippen LogP contribution < -0.4 is 20.8 Å². The van der Waals surface area contributed by atoms with Gasteiger partial charge >= 0.3 is 11.8 Å². The third-order valence-corrected chi connectivity index (χ3v) is 5.05. The first kappa shape index (κ1) is 23.7. The molecule has 0 spiro atoms. The second-order valence-corrected chi connectivity index (χ2v) is 7.49. The summed E-state index contributed by atoms with van der Waals surface area (Å²) < 4.78 is 6.18. The van der Waals surface area contributed by atoms with Crippen molar-refractivity contribution in [2.45, 2.75) is 6.92 Å². The molecule has 0 aliphatic carbocycles. The Morgan fingerprint density at radius 2 is 1.61 bits per heavy atom. The number of anilines is 2. The Hall–Kier alpha value is -3.98. The van der Waals surface area contributed by atoms with Crippen molar-refractivity contribution >= 4 is 51.2 Å². The molecule has 3 aromatic rings. The smallest absolute Gasteiger partial charge is 0.329 e. The highest BCUT2D eigenvalue weighted by molar-refractivity contribution is 9.10. The molecule has 0 heterocycles. The summed E-state index contributed by atoms with van der Waals surface area (Å²) in [5.41, 5.74) is 3.85. The van der Waals surface area contributed by atoms with Crippen molar-refractivity contribution in [2.75, 3.05) is 17.2 Å². The summed E-state index contributed by atoms with van der Waals surface area (Å²) in [5, 5.41) is 9.00. The van der Waals surface area contributed by atoms with E-state index in [0.717, 1.165) is 10.0 Å². The van der Waals surface area contributed by atoms with Crippen molar-refractivity contribution in [3.8, 4) is 5.75 Å². The number of hydrogen-bond acceptors (Lipinski definition) is 5.